The molecule has 0 spiro atoms. The van der Waals surface area contributed by atoms with E-state index >= 15 is 0 Å². The van der Waals surface area contributed by atoms with Crippen molar-refractivity contribution in [2.24, 2.45) is 0 Å². The molecule has 0 aliphatic carbocycles. The van der Waals surface area contributed by atoms with Crippen LogP contribution < -0.4 is 5.32 Å². The smallest absolute Gasteiger partial charge is 0.121 e. The van der Waals surface area contributed by atoms with Gasteiger partial charge in [0, 0.05) is 11.6 Å². The summed E-state index contributed by atoms with van der Waals surface area (Å²) in [6, 6.07) is 4.96. The van der Waals surface area contributed by atoms with Crippen molar-refractivity contribution in [1.82, 2.24) is 5.32 Å². The lowest BCUT2D eigenvalue weighted by molar-refractivity contribution is 0.113. The minimum absolute atomic E-state index is 0.0693. The van der Waals surface area contributed by atoms with Crippen LogP contribution in [0.1, 0.15) is 36.5 Å². The third kappa shape index (κ3) is 2.77. The fourth-order valence-electron chi connectivity index (χ4n) is 2.30. The van der Waals surface area contributed by atoms with Crippen LogP contribution in [0, 0.1) is 0 Å². The van der Waals surface area contributed by atoms with Gasteiger partial charge in [0.1, 0.15) is 5.75 Å². The Balaban J connectivity index is 2.15. The summed E-state index contributed by atoms with van der Waals surface area (Å²) in [5.74, 6) is 0.0695. The maximum Gasteiger partial charge on any atom is 0.121 e. The molecule has 0 aromatic heterocycles. The summed E-state index contributed by atoms with van der Waals surface area (Å²) in [7, 11) is 0. The average molecular weight is 237 g/mol. The molecule has 1 aromatic rings. The van der Waals surface area contributed by atoms with Crippen LogP contribution in [-0.2, 0) is 6.61 Å². The van der Waals surface area contributed by atoms with Gasteiger partial charge in [-0.3, -0.25) is 0 Å². The molecular weight excluding hydrogens is 218 g/mol. The molecule has 0 saturated carbocycles. The molecule has 0 bridgehead atoms. The fraction of sp³-hybridized carbons (Fsp3) is 0.538. The normalized spacial score (nSPS) is 22.4. The number of aliphatic hydroxyl groups is 2. The number of piperidine rings is 1. The first-order chi connectivity index (χ1) is 8.22. The molecule has 1 saturated heterocycles. The van der Waals surface area contributed by atoms with Crippen molar-refractivity contribution in [2.45, 2.75) is 38.0 Å². The molecule has 2 rings (SSSR count). The number of aromatic hydroxyl groups is 1. The second kappa shape index (κ2) is 5.49. The minimum Gasteiger partial charge on any atom is -0.508 e. The van der Waals surface area contributed by atoms with E-state index in [2.05, 4.69) is 5.32 Å². The number of aliphatic hydroxyl groups excluding tert-OH is 2. The van der Waals surface area contributed by atoms with Crippen LogP contribution in [0.2, 0.25) is 0 Å². The molecule has 1 aromatic carbocycles. The number of benzene rings is 1. The zero-order valence-corrected chi connectivity index (χ0v) is 9.76. The quantitative estimate of drug-likeness (QED) is 0.634. The van der Waals surface area contributed by atoms with Crippen molar-refractivity contribution in [2.75, 3.05) is 6.54 Å². The maximum atomic E-state index is 10.2. The number of hydrogen-bond acceptors (Lipinski definition) is 4. The van der Waals surface area contributed by atoms with Crippen molar-refractivity contribution < 1.29 is 15.3 Å². The van der Waals surface area contributed by atoms with E-state index in [9.17, 15) is 10.2 Å². The average Bonchev–Trinajstić information content (AvgIpc) is 2.39. The summed E-state index contributed by atoms with van der Waals surface area (Å²) < 4.78 is 0. The van der Waals surface area contributed by atoms with Gasteiger partial charge in [0.05, 0.1) is 12.7 Å². The first kappa shape index (κ1) is 12.4. The largest absolute Gasteiger partial charge is 0.508 e. The minimum atomic E-state index is -0.582. The fourth-order valence-corrected chi connectivity index (χ4v) is 2.30. The first-order valence-corrected chi connectivity index (χ1v) is 6.06. The second-order valence-electron chi connectivity index (χ2n) is 4.55. The van der Waals surface area contributed by atoms with Crippen LogP contribution in [-0.4, -0.2) is 27.9 Å². The molecule has 1 aliphatic heterocycles. The molecule has 4 nitrogen and oxygen atoms in total. The van der Waals surface area contributed by atoms with Gasteiger partial charge in [0.15, 0.2) is 0 Å². The van der Waals surface area contributed by atoms with E-state index in [4.69, 9.17) is 5.11 Å². The second-order valence-corrected chi connectivity index (χ2v) is 4.55. The molecule has 0 amide bonds. The Morgan fingerprint density at radius 2 is 2.18 bits per heavy atom. The summed E-state index contributed by atoms with van der Waals surface area (Å²) in [4.78, 5) is 0. The molecule has 1 aliphatic rings. The van der Waals surface area contributed by atoms with Crippen molar-refractivity contribution in [1.29, 1.82) is 0 Å². The molecule has 17 heavy (non-hydrogen) atoms. The van der Waals surface area contributed by atoms with Gasteiger partial charge in [0.25, 0.3) is 0 Å². The highest BCUT2D eigenvalue weighted by Crippen LogP contribution is 2.26. The van der Waals surface area contributed by atoms with E-state index in [1.165, 1.54) is 6.07 Å². The first-order valence-electron chi connectivity index (χ1n) is 6.06. The molecule has 4 heteroatoms. The summed E-state index contributed by atoms with van der Waals surface area (Å²) in [5, 5.41) is 32.1. The monoisotopic (exact) mass is 237 g/mol. The maximum absolute atomic E-state index is 10.2. The molecular formula is C13H19NO3. The van der Waals surface area contributed by atoms with Gasteiger partial charge in [-0.25, -0.2) is 0 Å². The third-order valence-electron chi connectivity index (χ3n) is 3.34. The number of nitrogens with one attached hydrogen (secondary N) is 1. The molecule has 94 valence electrons. The Bertz CT molecular complexity index is 375. The third-order valence-corrected chi connectivity index (χ3v) is 3.34. The van der Waals surface area contributed by atoms with Gasteiger partial charge in [-0.1, -0.05) is 12.5 Å². The van der Waals surface area contributed by atoms with Gasteiger partial charge in [-0.2, -0.15) is 0 Å². The lowest BCUT2D eigenvalue weighted by Gasteiger charge is -2.28. The highest BCUT2D eigenvalue weighted by Gasteiger charge is 2.23. The zero-order chi connectivity index (χ0) is 12.3. The molecule has 4 N–H and O–H groups in total. The van der Waals surface area contributed by atoms with E-state index in [-0.39, 0.29) is 18.4 Å². The summed E-state index contributed by atoms with van der Waals surface area (Å²) >= 11 is 0. The predicted molar refractivity (Wildman–Crippen MR) is 64.6 cm³/mol. The van der Waals surface area contributed by atoms with Gasteiger partial charge < -0.3 is 20.6 Å². The molecule has 0 radical (unpaired) electrons. The topological polar surface area (TPSA) is 72.7 Å². The van der Waals surface area contributed by atoms with Crippen molar-refractivity contribution in [3.63, 3.8) is 0 Å². The Morgan fingerprint density at radius 1 is 1.35 bits per heavy atom. The number of rotatable bonds is 3. The molecule has 2 unspecified atom stereocenters. The highest BCUT2D eigenvalue weighted by atomic mass is 16.3. The van der Waals surface area contributed by atoms with E-state index < -0.39 is 6.10 Å². The molecule has 1 fully saturated rings. The lowest BCUT2D eigenvalue weighted by atomic mass is 9.94. The lowest BCUT2D eigenvalue weighted by Crippen LogP contribution is -2.38. The molecule has 1 heterocycles. The van der Waals surface area contributed by atoms with Crippen molar-refractivity contribution >= 4 is 0 Å². The molecule has 2 atom stereocenters. The predicted octanol–water partition coefficient (Wildman–Crippen LogP) is 1.06. The van der Waals surface area contributed by atoms with E-state index in [1.54, 1.807) is 12.1 Å². The van der Waals surface area contributed by atoms with Crippen LogP contribution in [0.4, 0.5) is 0 Å². The zero-order valence-electron chi connectivity index (χ0n) is 9.76. The number of hydrogen-bond donors (Lipinski definition) is 4. The summed E-state index contributed by atoms with van der Waals surface area (Å²) in [5.41, 5.74) is 1.20. The number of phenols is 1. The van der Waals surface area contributed by atoms with Gasteiger partial charge in [0.2, 0.25) is 0 Å². The van der Waals surface area contributed by atoms with Crippen LogP contribution in [0.25, 0.3) is 0 Å². The van der Waals surface area contributed by atoms with Crippen molar-refractivity contribution in [3.8, 4) is 5.75 Å². The Hall–Kier alpha value is -1.10. The van der Waals surface area contributed by atoms with Crippen LogP contribution in [0.3, 0.4) is 0 Å². The summed E-state index contributed by atoms with van der Waals surface area (Å²) in [6.45, 7) is 0.719. The van der Waals surface area contributed by atoms with Crippen molar-refractivity contribution in [3.05, 3.63) is 29.3 Å². The van der Waals surface area contributed by atoms with E-state index in [0.717, 1.165) is 31.4 Å². The Labute approximate surface area is 101 Å². The van der Waals surface area contributed by atoms with Gasteiger partial charge >= 0.3 is 0 Å². The summed E-state index contributed by atoms with van der Waals surface area (Å²) in [6.07, 6.45) is 2.65. The Morgan fingerprint density at radius 3 is 2.82 bits per heavy atom. The van der Waals surface area contributed by atoms with E-state index in [0.29, 0.717) is 5.56 Å². The van der Waals surface area contributed by atoms with Crippen LogP contribution >= 0.6 is 0 Å². The van der Waals surface area contributed by atoms with Crippen LogP contribution in [0.15, 0.2) is 18.2 Å². The SMILES string of the molecule is OCc1cc(C(O)C2CCCCN2)ccc1O. The standard InChI is InChI=1S/C13H19NO3/c15-8-10-7-9(4-5-12(10)16)13(17)11-3-1-2-6-14-11/h4-5,7,11,13-17H,1-3,6,8H2. The van der Waals surface area contributed by atoms with Gasteiger partial charge in [-0.15, -0.1) is 0 Å². The van der Waals surface area contributed by atoms with Gasteiger partial charge in [-0.05, 0) is 37.1 Å². The van der Waals surface area contributed by atoms with Crippen LogP contribution in [0.5, 0.6) is 5.75 Å². The Kier molecular flexibility index (Phi) is 3.99. The highest BCUT2D eigenvalue weighted by molar-refractivity contribution is 5.36. The van der Waals surface area contributed by atoms with E-state index in [1.807, 2.05) is 0 Å².